The summed E-state index contributed by atoms with van der Waals surface area (Å²) in [5, 5.41) is 0.649. The van der Waals surface area contributed by atoms with E-state index in [4.69, 9.17) is 13.6 Å². The van der Waals surface area contributed by atoms with Crippen LogP contribution in [0.15, 0.2) is 75.8 Å². The maximum Gasteiger partial charge on any atom is 0.306 e. The SMILES string of the molecule is COC(=O)CCc1nc(-c2ccc(F)cc2)c(-c2ncnc3oc(-c4ccccc4)cc23)o1. The molecule has 7 nitrogen and oxygen atoms in total. The van der Waals surface area contributed by atoms with E-state index >= 15 is 0 Å². The molecule has 0 aliphatic rings. The largest absolute Gasteiger partial charge is 0.469 e. The second-order valence-electron chi connectivity index (χ2n) is 7.29. The molecule has 5 aromatic rings. The average molecular weight is 443 g/mol. The first-order valence-corrected chi connectivity index (χ1v) is 10.2. The number of methoxy groups -OCH3 is 1. The molecule has 3 aromatic heterocycles. The maximum absolute atomic E-state index is 13.5. The highest BCUT2D eigenvalue weighted by Gasteiger charge is 2.23. The van der Waals surface area contributed by atoms with Gasteiger partial charge in [0, 0.05) is 17.5 Å². The molecule has 0 aliphatic carbocycles. The fourth-order valence-electron chi connectivity index (χ4n) is 3.53. The van der Waals surface area contributed by atoms with E-state index in [1.54, 1.807) is 12.1 Å². The summed E-state index contributed by atoms with van der Waals surface area (Å²) in [6.45, 7) is 0. The molecule has 0 radical (unpaired) electrons. The third-order valence-corrected chi connectivity index (χ3v) is 5.16. The molecular formula is C25H18FN3O4. The predicted octanol–water partition coefficient (Wildman–Crippen LogP) is 5.46. The molecule has 8 heteroatoms. The number of benzene rings is 2. The number of carbonyl (C=O) groups excluding carboxylic acids is 1. The Bertz CT molecular complexity index is 1430. The molecule has 0 N–H and O–H groups in total. The van der Waals surface area contributed by atoms with Gasteiger partial charge in [-0.25, -0.2) is 19.3 Å². The maximum atomic E-state index is 13.5. The number of fused-ring (bicyclic) bond motifs is 1. The van der Waals surface area contributed by atoms with E-state index in [1.165, 1.54) is 25.6 Å². The molecule has 0 amide bonds. The Hall–Kier alpha value is -4.33. The minimum Gasteiger partial charge on any atom is -0.469 e. The molecule has 5 rings (SSSR count). The van der Waals surface area contributed by atoms with Gasteiger partial charge in [-0.15, -0.1) is 0 Å². The van der Waals surface area contributed by atoms with Gasteiger partial charge in [0.1, 0.15) is 29.3 Å². The first-order chi connectivity index (χ1) is 16.1. The number of carbonyl (C=O) groups is 1. The molecule has 0 bridgehead atoms. The van der Waals surface area contributed by atoms with Crippen molar-refractivity contribution in [1.82, 2.24) is 15.0 Å². The van der Waals surface area contributed by atoms with Crippen molar-refractivity contribution in [2.24, 2.45) is 0 Å². The van der Waals surface area contributed by atoms with Crippen molar-refractivity contribution in [1.29, 1.82) is 0 Å². The summed E-state index contributed by atoms with van der Waals surface area (Å²) in [5.41, 5.74) is 2.92. The lowest BCUT2D eigenvalue weighted by Gasteiger charge is -2.01. The first kappa shape index (κ1) is 20.6. The zero-order valence-corrected chi connectivity index (χ0v) is 17.6. The fourth-order valence-corrected chi connectivity index (χ4v) is 3.53. The lowest BCUT2D eigenvalue weighted by molar-refractivity contribution is -0.140. The molecule has 0 aliphatic heterocycles. The van der Waals surface area contributed by atoms with Crippen LogP contribution >= 0.6 is 0 Å². The van der Waals surface area contributed by atoms with E-state index in [0.29, 0.717) is 45.5 Å². The lowest BCUT2D eigenvalue weighted by Crippen LogP contribution is -2.01. The third kappa shape index (κ3) is 4.10. The van der Waals surface area contributed by atoms with Crippen molar-refractivity contribution in [3.05, 3.63) is 78.7 Å². The van der Waals surface area contributed by atoms with Gasteiger partial charge in [0.05, 0.1) is 18.9 Å². The quantitative estimate of drug-likeness (QED) is 0.322. The number of hydrogen-bond acceptors (Lipinski definition) is 7. The van der Waals surface area contributed by atoms with Crippen LogP contribution in [-0.4, -0.2) is 28.0 Å². The Morgan fingerprint density at radius 3 is 2.52 bits per heavy atom. The van der Waals surface area contributed by atoms with Gasteiger partial charge in [0.2, 0.25) is 5.71 Å². The van der Waals surface area contributed by atoms with Crippen molar-refractivity contribution in [2.45, 2.75) is 12.8 Å². The smallest absolute Gasteiger partial charge is 0.306 e. The van der Waals surface area contributed by atoms with Crippen LogP contribution in [0.3, 0.4) is 0 Å². The molecule has 0 saturated carbocycles. The summed E-state index contributed by atoms with van der Waals surface area (Å²) in [4.78, 5) is 24.9. The van der Waals surface area contributed by atoms with E-state index in [-0.39, 0.29) is 24.6 Å². The molecular weight excluding hydrogens is 425 g/mol. The highest BCUT2D eigenvalue weighted by atomic mass is 19.1. The van der Waals surface area contributed by atoms with Crippen LogP contribution in [0.2, 0.25) is 0 Å². The zero-order valence-electron chi connectivity index (χ0n) is 17.6. The van der Waals surface area contributed by atoms with Crippen molar-refractivity contribution in [2.75, 3.05) is 7.11 Å². The minimum atomic E-state index is -0.371. The van der Waals surface area contributed by atoms with Gasteiger partial charge in [-0.05, 0) is 30.3 Å². The van der Waals surface area contributed by atoms with Gasteiger partial charge in [0.25, 0.3) is 0 Å². The van der Waals surface area contributed by atoms with Gasteiger partial charge in [0.15, 0.2) is 11.7 Å². The molecule has 0 fully saturated rings. The summed E-state index contributed by atoms with van der Waals surface area (Å²) >= 11 is 0. The Balaban J connectivity index is 1.64. The molecule has 33 heavy (non-hydrogen) atoms. The first-order valence-electron chi connectivity index (χ1n) is 10.2. The average Bonchev–Trinajstić information content (AvgIpc) is 3.48. The molecule has 0 saturated heterocycles. The van der Waals surface area contributed by atoms with Crippen LogP contribution < -0.4 is 0 Å². The number of nitrogens with zero attached hydrogens (tertiary/aromatic N) is 3. The monoisotopic (exact) mass is 443 g/mol. The summed E-state index contributed by atoms with van der Waals surface area (Å²) in [6, 6.07) is 17.4. The molecule has 2 aromatic carbocycles. The Labute approximate surface area is 187 Å². The zero-order chi connectivity index (χ0) is 22.8. The van der Waals surface area contributed by atoms with Crippen molar-refractivity contribution in [3.63, 3.8) is 0 Å². The van der Waals surface area contributed by atoms with Crippen LogP contribution in [0, 0.1) is 5.82 Å². The van der Waals surface area contributed by atoms with E-state index in [0.717, 1.165) is 5.56 Å². The number of hydrogen-bond donors (Lipinski definition) is 0. The Morgan fingerprint density at radius 1 is 0.970 bits per heavy atom. The van der Waals surface area contributed by atoms with Crippen LogP contribution in [-0.2, 0) is 16.0 Å². The predicted molar refractivity (Wildman–Crippen MR) is 118 cm³/mol. The number of halogens is 1. The summed E-state index contributed by atoms with van der Waals surface area (Å²) < 4.78 is 30.2. The van der Waals surface area contributed by atoms with Crippen molar-refractivity contribution >= 4 is 17.1 Å². The van der Waals surface area contributed by atoms with Gasteiger partial charge in [-0.2, -0.15) is 0 Å². The van der Waals surface area contributed by atoms with Crippen LogP contribution in [0.25, 0.3) is 45.1 Å². The van der Waals surface area contributed by atoms with E-state index in [1.807, 2.05) is 36.4 Å². The van der Waals surface area contributed by atoms with Crippen molar-refractivity contribution < 1.29 is 22.8 Å². The highest BCUT2D eigenvalue weighted by molar-refractivity contribution is 5.94. The lowest BCUT2D eigenvalue weighted by atomic mass is 10.1. The fraction of sp³-hybridized carbons (Fsp3) is 0.120. The summed E-state index contributed by atoms with van der Waals surface area (Å²) in [6.07, 6.45) is 1.75. The van der Waals surface area contributed by atoms with Gasteiger partial charge in [-0.1, -0.05) is 30.3 Å². The van der Waals surface area contributed by atoms with Gasteiger partial charge >= 0.3 is 5.97 Å². The van der Waals surface area contributed by atoms with E-state index in [2.05, 4.69) is 15.0 Å². The summed E-state index contributed by atoms with van der Waals surface area (Å²) in [5.74, 6) is 0.634. The molecule has 0 atom stereocenters. The normalized spacial score (nSPS) is 11.1. The highest BCUT2D eigenvalue weighted by Crippen LogP contribution is 2.37. The second-order valence-corrected chi connectivity index (χ2v) is 7.29. The molecule has 3 heterocycles. The topological polar surface area (TPSA) is 91.2 Å². The second kappa shape index (κ2) is 8.66. The number of rotatable bonds is 6. The Morgan fingerprint density at radius 2 is 1.76 bits per heavy atom. The number of furan rings is 1. The van der Waals surface area contributed by atoms with E-state index in [9.17, 15) is 9.18 Å². The van der Waals surface area contributed by atoms with Gasteiger partial charge < -0.3 is 13.6 Å². The molecule has 0 unspecified atom stereocenters. The summed E-state index contributed by atoms with van der Waals surface area (Å²) in [7, 11) is 1.33. The van der Waals surface area contributed by atoms with Crippen LogP contribution in [0.5, 0.6) is 0 Å². The number of ether oxygens (including phenoxy) is 1. The Kier molecular flexibility index (Phi) is 5.40. The van der Waals surface area contributed by atoms with Crippen LogP contribution in [0.1, 0.15) is 12.3 Å². The molecule has 0 spiro atoms. The number of aromatic nitrogens is 3. The van der Waals surface area contributed by atoms with Crippen molar-refractivity contribution in [3.8, 4) is 34.0 Å². The third-order valence-electron chi connectivity index (χ3n) is 5.16. The molecule has 164 valence electrons. The number of aryl methyl sites for hydroxylation is 1. The standard InChI is InChI=1S/C25H18FN3O4/c1-31-21(30)12-11-20-29-22(16-7-9-17(26)10-8-16)24(33-20)23-18-13-19(15-5-3-2-4-6-15)32-25(18)28-14-27-23/h2-10,13-14H,11-12H2,1H3. The minimum absolute atomic E-state index is 0.113. The van der Waals surface area contributed by atoms with E-state index < -0.39 is 0 Å². The van der Waals surface area contributed by atoms with Crippen LogP contribution in [0.4, 0.5) is 4.39 Å². The number of oxazole rings is 1. The number of esters is 1. The van der Waals surface area contributed by atoms with Gasteiger partial charge in [-0.3, -0.25) is 4.79 Å².